The Balaban J connectivity index is 1.66. The molecular weight excluding hydrogens is 394 g/mol. The molecule has 0 N–H and O–H groups in total. The number of alkyl halides is 1. The molecule has 0 saturated heterocycles. The van der Waals surface area contributed by atoms with Crippen molar-refractivity contribution in [3.8, 4) is 0 Å². The van der Waals surface area contributed by atoms with E-state index in [1.165, 1.54) is 11.8 Å². The number of fused-ring (bicyclic) bond motifs is 1. The summed E-state index contributed by atoms with van der Waals surface area (Å²) in [6.45, 7) is 4.58. The van der Waals surface area contributed by atoms with Gasteiger partial charge in [0, 0.05) is 37.1 Å². The molecule has 1 amide bonds. The van der Waals surface area contributed by atoms with Gasteiger partial charge in [-0.05, 0) is 37.3 Å². The van der Waals surface area contributed by atoms with Crippen LogP contribution in [0.4, 0.5) is 0 Å². The number of nitrogens with zero attached hydrogens (tertiary/aromatic N) is 5. The van der Waals surface area contributed by atoms with Gasteiger partial charge in [-0.3, -0.25) is 14.8 Å². The lowest BCUT2D eigenvalue weighted by Crippen LogP contribution is -2.44. The molecule has 2 aliphatic rings. The van der Waals surface area contributed by atoms with E-state index >= 15 is 0 Å². The molecule has 0 saturated carbocycles. The summed E-state index contributed by atoms with van der Waals surface area (Å²) >= 11 is 7.97. The van der Waals surface area contributed by atoms with Crippen LogP contribution in [0, 0.1) is 13.8 Å². The van der Waals surface area contributed by atoms with Gasteiger partial charge in [-0.15, -0.1) is 11.6 Å². The maximum Gasteiger partial charge on any atom is 0.259 e. The number of halogens is 1. The number of carbonyl (C=O) groups is 1. The Labute approximate surface area is 173 Å². The van der Waals surface area contributed by atoms with Crippen molar-refractivity contribution in [1.29, 1.82) is 0 Å². The highest BCUT2D eigenvalue weighted by Crippen LogP contribution is 2.30. The summed E-state index contributed by atoms with van der Waals surface area (Å²) in [5.41, 5.74) is 5.23. The van der Waals surface area contributed by atoms with Gasteiger partial charge in [-0.1, -0.05) is 17.8 Å². The number of aliphatic imine (C=N–C) groups is 1. The second-order valence-electron chi connectivity index (χ2n) is 6.88. The highest BCUT2D eigenvalue weighted by molar-refractivity contribution is 7.98. The number of thioether (sulfide) groups is 1. The fourth-order valence-corrected chi connectivity index (χ4v) is 4.14. The van der Waals surface area contributed by atoms with Gasteiger partial charge in [-0.25, -0.2) is 9.97 Å². The molecule has 0 aliphatic carbocycles. The third kappa shape index (κ3) is 3.44. The highest BCUT2D eigenvalue weighted by Gasteiger charge is 2.32. The first-order valence-electron chi connectivity index (χ1n) is 9.01. The molecule has 0 radical (unpaired) electrons. The molecule has 6 nitrogen and oxygen atoms in total. The van der Waals surface area contributed by atoms with Gasteiger partial charge in [0.15, 0.2) is 5.16 Å². The quantitative estimate of drug-likeness (QED) is 0.438. The third-order valence-corrected chi connectivity index (χ3v) is 5.82. The zero-order valence-corrected chi connectivity index (χ0v) is 17.5. The summed E-state index contributed by atoms with van der Waals surface area (Å²) in [5, 5.41) is 0.313. The molecule has 144 valence electrons. The van der Waals surface area contributed by atoms with E-state index in [1.807, 2.05) is 32.4 Å². The second-order valence-corrected chi connectivity index (χ2v) is 8.12. The van der Waals surface area contributed by atoms with Crippen LogP contribution >= 0.6 is 23.4 Å². The van der Waals surface area contributed by atoms with Crippen LogP contribution < -0.4 is 0 Å². The maximum atomic E-state index is 13.0. The number of aryl methyl sites for hydroxylation is 2. The highest BCUT2D eigenvalue weighted by atomic mass is 35.5. The van der Waals surface area contributed by atoms with Crippen molar-refractivity contribution in [1.82, 2.24) is 19.9 Å². The van der Waals surface area contributed by atoms with Crippen LogP contribution in [0.5, 0.6) is 0 Å². The molecule has 2 aromatic rings. The van der Waals surface area contributed by atoms with Gasteiger partial charge in [0.25, 0.3) is 5.91 Å². The summed E-state index contributed by atoms with van der Waals surface area (Å²) in [6, 6.07) is 2.08. The average Bonchev–Trinajstić information content (AvgIpc) is 2.69. The lowest BCUT2D eigenvalue weighted by Gasteiger charge is -2.33. The minimum atomic E-state index is -0.409. The van der Waals surface area contributed by atoms with Crippen LogP contribution in [-0.2, 0) is 6.42 Å². The maximum absolute atomic E-state index is 13.0. The predicted octanol–water partition coefficient (Wildman–Crippen LogP) is 3.31. The van der Waals surface area contributed by atoms with Crippen LogP contribution in [0.2, 0.25) is 0 Å². The fourth-order valence-electron chi connectivity index (χ4n) is 3.54. The first kappa shape index (κ1) is 19.1. The van der Waals surface area contributed by atoms with Gasteiger partial charge in [-0.2, -0.15) is 0 Å². The van der Waals surface area contributed by atoms with Crippen LogP contribution in [0.15, 0.2) is 34.7 Å². The standard InChI is InChI=1S/C20H20ClN5OS/c1-11-6-12(2)18(23-8-11)13-7-17(22-10-15(13)21)26-5-4-16-14(19(26)27)9-24-20(25-16)28-3/h6-10,15,17H,4-5H2,1-3H3. The Morgan fingerprint density at radius 2 is 2.07 bits per heavy atom. The van der Waals surface area contributed by atoms with Gasteiger partial charge in [0.05, 0.1) is 22.3 Å². The number of rotatable bonds is 3. The van der Waals surface area contributed by atoms with E-state index in [2.05, 4.69) is 26.0 Å². The van der Waals surface area contributed by atoms with E-state index in [0.717, 1.165) is 28.1 Å². The molecule has 4 rings (SSSR count). The van der Waals surface area contributed by atoms with E-state index < -0.39 is 6.17 Å². The monoisotopic (exact) mass is 413 g/mol. The molecule has 4 heterocycles. The molecule has 0 spiro atoms. The van der Waals surface area contributed by atoms with Crippen LogP contribution in [0.25, 0.3) is 5.57 Å². The average molecular weight is 414 g/mol. The summed E-state index contributed by atoms with van der Waals surface area (Å²) in [7, 11) is 0. The Morgan fingerprint density at radius 1 is 1.25 bits per heavy atom. The summed E-state index contributed by atoms with van der Waals surface area (Å²) in [5.74, 6) is -0.103. The van der Waals surface area contributed by atoms with E-state index in [-0.39, 0.29) is 11.3 Å². The second kappa shape index (κ2) is 7.64. The zero-order valence-electron chi connectivity index (χ0n) is 15.9. The first-order valence-corrected chi connectivity index (χ1v) is 10.7. The molecule has 0 fully saturated rings. The van der Waals surface area contributed by atoms with Crippen molar-refractivity contribution in [3.63, 3.8) is 0 Å². The number of carbonyl (C=O) groups excluding carboxylic acids is 1. The lowest BCUT2D eigenvalue weighted by atomic mass is 9.99. The van der Waals surface area contributed by atoms with Crippen molar-refractivity contribution in [2.45, 2.75) is 37.0 Å². The third-order valence-electron chi connectivity index (χ3n) is 4.91. The van der Waals surface area contributed by atoms with Gasteiger partial charge < -0.3 is 4.90 Å². The minimum Gasteiger partial charge on any atom is -0.312 e. The molecule has 28 heavy (non-hydrogen) atoms. The van der Waals surface area contributed by atoms with Crippen LogP contribution in [0.1, 0.15) is 32.9 Å². The SMILES string of the molecule is CSc1ncc2c(n1)CCN(C1C=C(c3ncc(C)cc3C)C(Cl)C=N1)C2=O. The Bertz CT molecular complexity index is 1010. The van der Waals surface area contributed by atoms with Crippen molar-refractivity contribution in [3.05, 3.63) is 52.6 Å². The van der Waals surface area contributed by atoms with Gasteiger partial charge in [0.2, 0.25) is 0 Å². The Morgan fingerprint density at radius 3 is 2.82 bits per heavy atom. The van der Waals surface area contributed by atoms with Gasteiger partial charge >= 0.3 is 0 Å². The molecule has 0 bridgehead atoms. The van der Waals surface area contributed by atoms with E-state index in [1.54, 1.807) is 17.3 Å². The predicted molar refractivity (Wildman–Crippen MR) is 112 cm³/mol. The molecule has 2 atom stereocenters. The zero-order chi connectivity index (χ0) is 19.8. The summed E-state index contributed by atoms with van der Waals surface area (Å²) in [6.07, 6.45) is 9.28. The number of hydrogen-bond acceptors (Lipinski definition) is 6. The molecule has 8 heteroatoms. The fraction of sp³-hybridized carbons (Fsp3) is 0.350. The van der Waals surface area contributed by atoms with Crippen molar-refractivity contribution in [2.24, 2.45) is 4.99 Å². The molecule has 2 aromatic heterocycles. The van der Waals surface area contributed by atoms with Crippen molar-refractivity contribution < 1.29 is 4.79 Å². The van der Waals surface area contributed by atoms with Gasteiger partial charge in [0.1, 0.15) is 6.17 Å². The number of allylic oxidation sites excluding steroid dienone is 1. The topological polar surface area (TPSA) is 71.3 Å². The number of amides is 1. The minimum absolute atomic E-state index is 0.103. The van der Waals surface area contributed by atoms with Crippen molar-refractivity contribution in [2.75, 3.05) is 12.8 Å². The number of pyridine rings is 1. The van der Waals surface area contributed by atoms with Crippen molar-refractivity contribution >= 4 is 41.1 Å². The molecule has 2 unspecified atom stereocenters. The Kier molecular flexibility index (Phi) is 5.21. The van der Waals surface area contributed by atoms with E-state index in [4.69, 9.17) is 11.6 Å². The molecular formula is C20H20ClN5OS. The summed E-state index contributed by atoms with van der Waals surface area (Å²) in [4.78, 5) is 32.6. The van der Waals surface area contributed by atoms with E-state index in [0.29, 0.717) is 23.7 Å². The molecule has 0 aromatic carbocycles. The number of dihydropyridines is 1. The Hall–Kier alpha value is -2.25. The van der Waals surface area contributed by atoms with Crippen LogP contribution in [0.3, 0.4) is 0 Å². The van der Waals surface area contributed by atoms with Crippen LogP contribution in [-0.4, -0.2) is 56.3 Å². The lowest BCUT2D eigenvalue weighted by molar-refractivity contribution is 0.0698. The first-order chi connectivity index (χ1) is 13.5. The smallest absolute Gasteiger partial charge is 0.259 e. The molecule has 2 aliphatic heterocycles. The van der Waals surface area contributed by atoms with E-state index in [9.17, 15) is 4.79 Å². The number of aromatic nitrogens is 3. The largest absolute Gasteiger partial charge is 0.312 e. The number of hydrogen-bond donors (Lipinski definition) is 0. The normalized spacial score (nSPS) is 21.5. The summed E-state index contributed by atoms with van der Waals surface area (Å²) < 4.78 is 0.